The first-order valence-electron chi connectivity index (χ1n) is 10.0. The van der Waals surface area contributed by atoms with Crippen molar-refractivity contribution in [1.29, 1.82) is 5.41 Å². The van der Waals surface area contributed by atoms with Crippen molar-refractivity contribution in [3.05, 3.63) is 35.8 Å². The monoisotopic (exact) mass is 446 g/mol. The molecule has 8 nitrogen and oxygen atoms in total. The van der Waals surface area contributed by atoms with E-state index in [4.69, 9.17) is 11.1 Å². The first-order valence-corrected chi connectivity index (χ1v) is 10.8. The molecule has 2 atom stereocenters. The van der Waals surface area contributed by atoms with E-state index >= 15 is 0 Å². The van der Waals surface area contributed by atoms with Gasteiger partial charge in [-0.25, -0.2) is 9.37 Å². The van der Waals surface area contributed by atoms with Crippen LogP contribution >= 0.6 is 11.3 Å². The van der Waals surface area contributed by atoms with Crippen LogP contribution in [0.3, 0.4) is 0 Å². The zero-order valence-electron chi connectivity index (χ0n) is 17.6. The fraction of sp³-hybridized carbons (Fsp3) is 0.429. The van der Waals surface area contributed by atoms with Gasteiger partial charge in [0.05, 0.1) is 5.60 Å². The second kappa shape index (κ2) is 9.52. The number of carbonyl (C=O) groups is 1. The SMILES string of the molecule is CN=C(C(C=N)NC(=O)c1nc(-c2ccccc2F)sc1N)N1CCCC(C)(O)CC1. The molecular formula is C21H27FN6O2S. The van der Waals surface area contributed by atoms with E-state index in [1.807, 2.05) is 11.8 Å². The molecule has 1 aromatic heterocycles. The van der Waals surface area contributed by atoms with Crippen LogP contribution in [0.1, 0.15) is 36.7 Å². The second-order valence-corrected chi connectivity index (χ2v) is 8.78. The number of hydrogen-bond donors (Lipinski definition) is 4. The Bertz CT molecular complexity index is 990. The lowest BCUT2D eigenvalue weighted by molar-refractivity contribution is 0.0462. The van der Waals surface area contributed by atoms with Gasteiger partial charge in [0, 0.05) is 31.9 Å². The minimum absolute atomic E-state index is 0.00986. The number of anilines is 1. The van der Waals surface area contributed by atoms with Gasteiger partial charge in [0.15, 0.2) is 5.69 Å². The molecule has 1 fully saturated rings. The molecular weight excluding hydrogens is 419 g/mol. The van der Waals surface area contributed by atoms with Gasteiger partial charge >= 0.3 is 0 Å². The average molecular weight is 447 g/mol. The molecule has 0 radical (unpaired) electrons. The molecule has 1 amide bonds. The Morgan fingerprint density at radius 2 is 2.19 bits per heavy atom. The van der Waals surface area contributed by atoms with Crippen LogP contribution in [-0.2, 0) is 0 Å². The first kappa shape index (κ1) is 22.8. The maximum atomic E-state index is 14.1. The van der Waals surface area contributed by atoms with Crippen LogP contribution in [0.15, 0.2) is 29.3 Å². The summed E-state index contributed by atoms with van der Waals surface area (Å²) in [6, 6.07) is 5.38. The number of nitrogens with two attached hydrogens (primary N) is 1. The third kappa shape index (κ3) is 5.26. The van der Waals surface area contributed by atoms with Crippen LogP contribution in [0, 0.1) is 11.2 Å². The molecule has 2 unspecified atom stereocenters. The molecule has 31 heavy (non-hydrogen) atoms. The quantitative estimate of drug-likeness (QED) is 0.415. The predicted octanol–water partition coefficient (Wildman–Crippen LogP) is 2.54. The number of likely N-dealkylation sites (tertiary alicyclic amines) is 1. The van der Waals surface area contributed by atoms with Gasteiger partial charge in [0.25, 0.3) is 5.91 Å². The van der Waals surface area contributed by atoms with Crippen molar-refractivity contribution in [2.24, 2.45) is 4.99 Å². The number of aromatic nitrogens is 1. The molecule has 10 heteroatoms. The van der Waals surface area contributed by atoms with E-state index in [1.54, 1.807) is 25.2 Å². The largest absolute Gasteiger partial charge is 0.390 e. The predicted molar refractivity (Wildman–Crippen MR) is 121 cm³/mol. The van der Waals surface area contributed by atoms with Crippen molar-refractivity contribution in [3.63, 3.8) is 0 Å². The average Bonchev–Trinajstić information content (AvgIpc) is 3.03. The van der Waals surface area contributed by atoms with E-state index in [0.29, 0.717) is 36.8 Å². The van der Waals surface area contributed by atoms with Crippen LogP contribution < -0.4 is 11.1 Å². The molecule has 2 aromatic rings. The lowest BCUT2D eigenvalue weighted by atomic mass is 9.98. The summed E-state index contributed by atoms with van der Waals surface area (Å²) in [4.78, 5) is 23.4. The molecule has 1 saturated heterocycles. The number of nitrogens with one attached hydrogen (secondary N) is 2. The summed E-state index contributed by atoms with van der Waals surface area (Å²) in [6.07, 6.45) is 3.12. The highest BCUT2D eigenvalue weighted by Gasteiger charge is 2.30. The third-order valence-electron chi connectivity index (χ3n) is 5.32. The maximum Gasteiger partial charge on any atom is 0.273 e. The highest BCUT2D eigenvalue weighted by Crippen LogP contribution is 2.31. The number of benzene rings is 1. The summed E-state index contributed by atoms with van der Waals surface area (Å²) in [6.45, 7) is 3.04. The molecule has 1 aliphatic rings. The van der Waals surface area contributed by atoms with Crippen molar-refractivity contribution < 1.29 is 14.3 Å². The fourth-order valence-corrected chi connectivity index (χ4v) is 4.46. The Morgan fingerprint density at radius 3 is 2.87 bits per heavy atom. The zero-order valence-corrected chi connectivity index (χ0v) is 18.4. The molecule has 5 N–H and O–H groups in total. The molecule has 3 rings (SSSR count). The number of halogens is 1. The van der Waals surface area contributed by atoms with Crippen molar-refractivity contribution >= 4 is 34.3 Å². The van der Waals surface area contributed by atoms with Crippen molar-refractivity contribution in [2.75, 3.05) is 25.9 Å². The van der Waals surface area contributed by atoms with Crippen LogP contribution in [0.4, 0.5) is 9.39 Å². The Morgan fingerprint density at radius 1 is 1.45 bits per heavy atom. The summed E-state index contributed by atoms with van der Waals surface area (Å²) in [5, 5.41) is 21.4. The Hall–Kier alpha value is -2.85. The standard InChI is InChI=1S/C21H27FN6O2S/c1-21(30)8-5-10-28(11-9-21)18(25-2)15(12-23)26-19(29)16-17(24)31-20(27-16)13-6-3-4-7-14(13)22/h3-4,6-7,12,15,23,30H,5,8-11,24H2,1-2H3,(H,26,29). The Kier molecular flexibility index (Phi) is 7.01. The molecule has 0 spiro atoms. The van der Waals surface area contributed by atoms with Crippen LogP contribution in [0.25, 0.3) is 10.6 Å². The first-order chi connectivity index (χ1) is 14.8. The van der Waals surface area contributed by atoms with Gasteiger partial charge in [-0.2, -0.15) is 0 Å². The van der Waals surface area contributed by atoms with Crippen molar-refractivity contribution in [3.8, 4) is 10.6 Å². The highest BCUT2D eigenvalue weighted by atomic mass is 32.1. The van der Waals surface area contributed by atoms with E-state index in [2.05, 4.69) is 15.3 Å². The molecule has 0 aliphatic carbocycles. The fourth-order valence-electron chi connectivity index (χ4n) is 3.60. The van der Waals surface area contributed by atoms with Crippen molar-refractivity contribution in [1.82, 2.24) is 15.2 Å². The number of nitrogens with zero attached hydrogens (tertiary/aromatic N) is 3. The molecule has 1 aromatic carbocycles. The van der Waals surface area contributed by atoms with E-state index < -0.39 is 23.4 Å². The highest BCUT2D eigenvalue weighted by molar-refractivity contribution is 7.19. The van der Waals surface area contributed by atoms with E-state index in [0.717, 1.165) is 24.0 Å². The topological polar surface area (TPSA) is 128 Å². The van der Waals surface area contributed by atoms with Gasteiger partial charge < -0.3 is 26.5 Å². The lowest BCUT2D eigenvalue weighted by Gasteiger charge is -2.29. The number of nitrogen functional groups attached to an aromatic ring is 1. The Balaban J connectivity index is 1.78. The number of amidine groups is 1. The zero-order chi connectivity index (χ0) is 22.6. The second-order valence-electron chi connectivity index (χ2n) is 7.75. The van der Waals surface area contributed by atoms with Crippen LogP contribution in [0.5, 0.6) is 0 Å². The van der Waals surface area contributed by atoms with Crippen molar-refractivity contribution in [2.45, 2.75) is 37.8 Å². The van der Waals surface area contributed by atoms with Gasteiger partial charge in [-0.3, -0.25) is 9.79 Å². The smallest absolute Gasteiger partial charge is 0.273 e. The molecule has 166 valence electrons. The number of hydrogen-bond acceptors (Lipinski definition) is 7. The van der Waals surface area contributed by atoms with Gasteiger partial charge in [0.2, 0.25) is 0 Å². The Labute approximate surface area is 184 Å². The summed E-state index contributed by atoms with van der Waals surface area (Å²) in [5.41, 5.74) is 5.52. The normalized spacial score (nSPS) is 20.8. The minimum atomic E-state index is -0.779. The molecule has 2 heterocycles. The minimum Gasteiger partial charge on any atom is -0.390 e. The van der Waals surface area contributed by atoms with Gasteiger partial charge in [-0.1, -0.05) is 23.5 Å². The van der Waals surface area contributed by atoms with Gasteiger partial charge in [0.1, 0.15) is 27.7 Å². The summed E-state index contributed by atoms with van der Waals surface area (Å²) >= 11 is 1.03. The number of carbonyl (C=O) groups excluding carboxylic acids is 1. The number of aliphatic imine (C=N–C) groups is 1. The van der Waals surface area contributed by atoms with E-state index in [-0.39, 0.29) is 16.3 Å². The molecule has 1 aliphatic heterocycles. The van der Waals surface area contributed by atoms with Gasteiger partial charge in [-0.05, 0) is 38.3 Å². The number of amides is 1. The van der Waals surface area contributed by atoms with Crippen LogP contribution in [0.2, 0.25) is 0 Å². The maximum absolute atomic E-state index is 14.1. The van der Waals surface area contributed by atoms with E-state index in [1.165, 1.54) is 6.07 Å². The third-order valence-corrected chi connectivity index (χ3v) is 6.24. The summed E-state index contributed by atoms with van der Waals surface area (Å²) < 4.78 is 14.1. The van der Waals surface area contributed by atoms with E-state index in [9.17, 15) is 14.3 Å². The number of rotatable bonds is 5. The number of aliphatic hydroxyl groups is 1. The van der Waals surface area contributed by atoms with Crippen LogP contribution in [-0.4, -0.2) is 64.7 Å². The number of thiazole rings is 1. The molecule has 0 bridgehead atoms. The summed E-state index contributed by atoms with van der Waals surface area (Å²) in [5.74, 6) is -0.477. The van der Waals surface area contributed by atoms with Gasteiger partial charge in [-0.15, -0.1) is 0 Å². The lowest BCUT2D eigenvalue weighted by Crippen LogP contribution is -2.50. The molecule has 0 saturated carbocycles. The summed E-state index contributed by atoms with van der Waals surface area (Å²) in [7, 11) is 1.61.